The van der Waals surface area contributed by atoms with E-state index in [0.29, 0.717) is 11.9 Å². The average Bonchev–Trinajstić information content (AvgIpc) is 3.31. The first kappa shape index (κ1) is 29.9. The quantitative estimate of drug-likeness (QED) is 0.0926. The standard InChI is InChI=1S/C31H46N8/c1-5-7-9-11-17-34-30(32)38-36-22(3)24-13-15-28-26(19-24)21-27-20-25(14-16-29(27)28)23(4)37-39-31(33)35-18-12-10-8-6-2/h13-16,19-20H,5-12,17-18,21H2,1-4H3,(H3,32,34,38)(H3,33,35,39)/b36-22+,37-23+. The first-order valence-electron chi connectivity index (χ1n) is 14.4. The molecule has 1 aliphatic carbocycles. The van der Waals surface area contributed by atoms with Crippen molar-refractivity contribution >= 4 is 23.3 Å². The van der Waals surface area contributed by atoms with Crippen molar-refractivity contribution in [3.05, 3.63) is 58.7 Å². The van der Waals surface area contributed by atoms with Crippen molar-refractivity contribution in [2.45, 2.75) is 85.5 Å². The summed E-state index contributed by atoms with van der Waals surface area (Å²) in [7, 11) is 0. The Hall–Kier alpha value is -3.68. The van der Waals surface area contributed by atoms with E-state index in [1.54, 1.807) is 0 Å². The highest BCUT2D eigenvalue weighted by Crippen LogP contribution is 2.37. The fraction of sp³-hybridized carbons (Fsp3) is 0.484. The Morgan fingerprint density at radius 2 is 1.10 bits per heavy atom. The number of hydrogen-bond acceptors (Lipinski definition) is 4. The molecule has 0 unspecified atom stereocenters. The van der Waals surface area contributed by atoms with Gasteiger partial charge in [0.1, 0.15) is 0 Å². The highest BCUT2D eigenvalue weighted by atomic mass is 15.4. The van der Waals surface area contributed by atoms with Gasteiger partial charge >= 0.3 is 0 Å². The van der Waals surface area contributed by atoms with E-state index in [4.69, 9.17) is 11.5 Å². The lowest BCUT2D eigenvalue weighted by Gasteiger charge is -2.07. The number of aliphatic imine (C=N–C) groups is 2. The molecule has 39 heavy (non-hydrogen) atoms. The van der Waals surface area contributed by atoms with E-state index in [1.807, 2.05) is 13.8 Å². The molecule has 1 aliphatic rings. The lowest BCUT2D eigenvalue weighted by atomic mass is 10.0. The van der Waals surface area contributed by atoms with Crippen LogP contribution in [0.25, 0.3) is 11.1 Å². The molecule has 0 bridgehead atoms. The molecule has 2 aromatic carbocycles. The summed E-state index contributed by atoms with van der Waals surface area (Å²) in [5.41, 5.74) is 26.7. The number of nitrogens with zero attached hydrogens (tertiary/aromatic N) is 4. The molecule has 0 aliphatic heterocycles. The molecule has 0 spiro atoms. The number of fused-ring (bicyclic) bond motifs is 3. The average molecular weight is 531 g/mol. The number of unbranched alkanes of at least 4 members (excludes halogenated alkanes) is 6. The summed E-state index contributed by atoms with van der Waals surface area (Å²) in [5, 5.41) is 8.91. The monoisotopic (exact) mass is 530 g/mol. The molecule has 8 heteroatoms. The lowest BCUT2D eigenvalue weighted by molar-refractivity contribution is 0.673. The van der Waals surface area contributed by atoms with Gasteiger partial charge in [-0.1, -0.05) is 76.6 Å². The molecule has 0 fully saturated rings. The van der Waals surface area contributed by atoms with Crippen LogP contribution in [-0.2, 0) is 6.42 Å². The molecule has 3 rings (SSSR count). The predicted octanol–water partition coefficient (Wildman–Crippen LogP) is 5.68. The molecule has 0 heterocycles. The number of guanidine groups is 2. The van der Waals surface area contributed by atoms with Crippen LogP contribution < -0.4 is 22.3 Å². The van der Waals surface area contributed by atoms with Gasteiger partial charge in [-0.2, -0.15) is 10.2 Å². The Morgan fingerprint density at radius 3 is 1.51 bits per heavy atom. The molecule has 6 N–H and O–H groups in total. The van der Waals surface area contributed by atoms with Gasteiger partial charge in [0.2, 0.25) is 11.9 Å². The van der Waals surface area contributed by atoms with E-state index in [0.717, 1.165) is 54.9 Å². The van der Waals surface area contributed by atoms with Crippen molar-refractivity contribution in [2.75, 3.05) is 13.1 Å². The number of nitrogens with two attached hydrogens (primary N) is 2. The Balaban J connectivity index is 1.60. The predicted molar refractivity (Wildman–Crippen MR) is 167 cm³/mol. The third kappa shape index (κ3) is 9.23. The third-order valence-corrected chi connectivity index (χ3v) is 6.98. The van der Waals surface area contributed by atoms with Gasteiger partial charge in [0.25, 0.3) is 0 Å². The van der Waals surface area contributed by atoms with Crippen molar-refractivity contribution in [3.63, 3.8) is 0 Å². The van der Waals surface area contributed by atoms with Crippen LogP contribution in [0.2, 0.25) is 0 Å². The van der Waals surface area contributed by atoms with Gasteiger partial charge in [0.05, 0.1) is 11.4 Å². The van der Waals surface area contributed by atoms with Crippen LogP contribution in [0.15, 0.2) is 56.6 Å². The number of hydrazone groups is 2. The molecule has 2 aromatic rings. The number of nitrogens with one attached hydrogen (secondary N) is 2. The van der Waals surface area contributed by atoms with Crippen LogP contribution in [0, 0.1) is 0 Å². The molecule has 0 saturated heterocycles. The molecule has 0 aromatic heterocycles. The Kier molecular flexibility index (Phi) is 12.0. The molecule has 210 valence electrons. The summed E-state index contributed by atoms with van der Waals surface area (Å²) in [4.78, 5) is 8.73. The molecule has 8 nitrogen and oxygen atoms in total. The summed E-state index contributed by atoms with van der Waals surface area (Å²) in [6.45, 7) is 9.82. The smallest absolute Gasteiger partial charge is 0.209 e. The summed E-state index contributed by atoms with van der Waals surface area (Å²) in [5.74, 6) is 0.719. The molecular weight excluding hydrogens is 484 g/mol. The zero-order valence-electron chi connectivity index (χ0n) is 24.2. The largest absolute Gasteiger partial charge is 0.369 e. The number of hydrogen-bond donors (Lipinski definition) is 4. The fourth-order valence-electron chi connectivity index (χ4n) is 4.62. The van der Waals surface area contributed by atoms with Crippen LogP contribution in [0.4, 0.5) is 0 Å². The topological polar surface area (TPSA) is 126 Å². The summed E-state index contributed by atoms with van der Waals surface area (Å²) in [6, 6.07) is 13.0. The second-order valence-electron chi connectivity index (χ2n) is 10.2. The van der Waals surface area contributed by atoms with Gasteiger partial charge in [0, 0.05) is 13.1 Å². The van der Waals surface area contributed by atoms with E-state index in [9.17, 15) is 0 Å². The summed E-state index contributed by atoms with van der Waals surface area (Å²) >= 11 is 0. The van der Waals surface area contributed by atoms with Crippen LogP contribution in [0.3, 0.4) is 0 Å². The SMILES string of the molecule is CCCCCCN=C(N)N/N=C(\C)c1ccc2c(c1)Cc1cc(/C(C)=N/NC(N)=NCCCCCC)ccc1-2. The van der Waals surface area contributed by atoms with Crippen LogP contribution in [0.1, 0.15) is 101 Å². The Labute approximate surface area is 234 Å². The highest BCUT2D eigenvalue weighted by molar-refractivity contribution is 6.02. The number of benzene rings is 2. The van der Waals surface area contributed by atoms with Crippen molar-refractivity contribution in [2.24, 2.45) is 31.7 Å². The maximum atomic E-state index is 5.98. The van der Waals surface area contributed by atoms with Gasteiger partial charge in [-0.05, 0) is 78.6 Å². The molecule has 0 radical (unpaired) electrons. The van der Waals surface area contributed by atoms with Gasteiger partial charge in [-0.15, -0.1) is 0 Å². The number of rotatable bonds is 14. The fourth-order valence-corrected chi connectivity index (χ4v) is 4.62. The van der Waals surface area contributed by atoms with Crippen molar-refractivity contribution in [3.8, 4) is 11.1 Å². The minimum absolute atomic E-state index is 0.360. The third-order valence-electron chi connectivity index (χ3n) is 6.98. The Morgan fingerprint density at radius 1 is 0.667 bits per heavy atom. The van der Waals surface area contributed by atoms with Gasteiger partial charge in [-0.3, -0.25) is 9.98 Å². The first-order valence-corrected chi connectivity index (χ1v) is 14.4. The normalized spacial score (nSPS) is 13.8. The minimum Gasteiger partial charge on any atom is -0.369 e. The van der Waals surface area contributed by atoms with E-state index >= 15 is 0 Å². The zero-order chi connectivity index (χ0) is 28.0. The van der Waals surface area contributed by atoms with E-state index in [1.165, 1.54) is 60.8 Å². The molecule has 0 atom stereocenters. The lowest BCUT2D eigenvalue weighted by Crippen LogP contribution is -2.28. The summed E-state index contributed by atoms with van der Waals surface area (Å²) in [6.07, 6.45) is 10.2. The van der Waals surface area contributed by atoms with Crippen molar-refractivity contribution < 1.29 is 0 Å². The van der Waals surface area contributed by atoms with Gasteiger partial charge < -0.3 is 11.5 Å². The van der Waals surface area contributed by atoms with Crippen LogP contribution in [-0.4, -0.2) is 36.4 Å². The Bertz CT molecular complexity index is 1120. The van der Waals surface area contributed by atoms with Crippen LogP contribution in [0.5, 0.6) is 0 Å². The van der Waals surface area contributed by atoms with Gasteiger partial charge in [-0.25, -0.2) is 10.9 Å². The molecular formula is C31H46N8. The molecule has 0 saturated carbocycles. The van der Waals surface area contributed by atoms with E-state index in [2.05, 4.69) is 81.3 Å². The first-order chi connectivity index (χ1) is 18.9. The second kappa shape index (κ2) is 15.7. The summed E-state index contributed by atoms with van der Waals surface area (Å²) < 4.78 is 0. The zero-order valence-corrected chi connectivity index (χ0v) is 24.2. The van der Waals surface area contributed by atoms with Crippen molar-refractivity contribution in [1.29, 1.82) is 0 Å². The van der Waals surface area contributed by atoms with E-state index in [-0.39, 0.29) is 0 Å². The van der Waals surface area contributed by atoms with E-state index < -0.39 is 0 Å². The van der Waals surface area contributed by atoms with Gasteiger partial charge in [0.15, 0.2) is 0 Å². The molecule has 0 amide bonds. The highest BCUT2D eigenvalue weighted by Gasteiger charge is 2.20. The second-order valence-corrected chi connectivity index (χ2v) is 10.2. The minimum atomic E-state index is 0.360. The van der Waals surface area contributed by atoms with Crippen molar-refractivity contribution in [1.82, 2.24) is 10.9 Å². The maximum absolute atomic E-state index is 5.98. The van der Waals surface area contributed by atoms with Crippen LogP contribution >= 0.6 is 0 Å². The maximum Gasteiger partial charge on any atom is 0.209 e.